The molecule has 0 fully saturated rings. The Balaban J connectivity index is 1.30. The van der Waals surface area contributed by atoms with Crippen LogP contribution in [0.25, 0.3) is 10.6 Å². The number of fused-ring (bicyclic) bond motifs is 1. The summed E-state index contributed by atoms with van der Waals surface area (Å²) >= 11 is 1.36. The van der Waals surface area contributed by atoms with Crippen molar-refractivity contribution in [3.05, 3.63) is 64.7 Å². The van der Waals surface area contributed by atoms with Crippen LogP contribution < -0.4 is 14.8 Å². The Labute approximate surface area is 184 Å². The second kappa shape index (κ2) is 9.18. The highest BCUT2D eigenvalue weighted by Crippen LogP contribution is 2.32. The van der Waals surface area contributed by atoms with Crippen LogP contribution in [0, 0.1) is 6.92 Å². The summed E-state index contributed by atoms with van der Waals surface area (Å²) in [4.78, 5) is 28.8. The van der Waals surface area contributed by atoms with Crippen molar-refractivity contribution in [2.24, 2.45) is 0 Å². The molecular weight excluding hydrogens is 416 g/mol. The molecule has 2 aromatic carbocycles. The van der Waals surface area contributed by atoms with Crippen LogP contribution in [0.2, 0.25) is 0 Å². The van der Waals surface area contributed by atoms with Gasteiger partial charge in [-0.3, -0.25) is 4.79 Å². The third-order valence-electron chi connectivity index (χ3n) is 4.79. The molecule has 0 saturated heterocycles. The Morgan fingerprint density at radius 2 is 1.87 bits per heavy atom. The lowest BCUT2D eigenvalue weighted by Crippen LogP contribution is -2.31. The first-order valence-corrected chi connectivity index (χ1v) is 10.8. The largest absolute Gasteiger partial charge is 0.486 e. The van der Waals surface area contributed by atoms with E-state index >= 15 is 0 Å². The van der Waals surface area contributed by atoms with Crippen molar-refractivity contribution >= 4 is 23.2 Å². The van der Waals surface area contributed by atoms with E-state index in [1.165, 1.54) is 11.3 Å². The predicted molar refractivity (Wildman–Crippen MR) is 117 cm³/mol. The molecule has 1 atom stereocenters. The van der Waals surface area contributed by atoms with Crippen LogP contribution in [-0.4, -0.2) is 36.7 Å². The van der Waals surface area contributed by atoms with Gasteiger partial charge in [0.25, 0.3) is 5.91 Å². The number of carbonyl (C=O) groups is 2. The van der Waals surface area contributed by atoms with E-state index in [-0.39, 0.29) is 18.3 Å². The second-order valence-corrected chi connectivity index (χ2v) is 8.03. The maximum absolute atomic E-state index is 12.3. The maximum atomic E-state index is 12.3. The van der Waals surface area contributed by atoms with E-state index in [2.05, 4.69) is 10.3 Å². The van der Waals surface area contributed by atoms with Crippen molar-refractivity contribution in [2.75, 3.05) is 19.8 Å². The molecule has 1 aliphatic rings. The van der Waals surface area contributed by atoms with Crippen LogP contribution in [0.1, 0.15) is 34.6 Å². The van der Waals surface area contributed by atoms with Gasteiger partial charge in [0.05, 0.1) is 6.04 Å². The average molecular weight is 439 g/mol. The lowest BCUT2D eigenvalue weighted by Gasteiger charge is -2.21. The summed E-state index contributed by atoms with van der Waals surface area (Å²) < 4.78 is 16.2. The highest BCUT2D eigenvalue weighted by atomic mass is 32.1. The first-order chi connectivity index (χ1) is 15.0. The van der Waals surface area contributed by atoms with Crippen molar-refractivity contribution in [2.45, 2.75) is 19.9 Å². The number of rotatable bonds is 6. The molecule has 0 aliphatic carbocycles. The summed E-state index contributed by atoms with van der Waals surface area (Å²) in [5, 5.41) is 5.17. The highest BCUT2D eigenvalue weighted by Gasteiger charge is 2.18. The first-order valence-electron chi connectivity index (χ1n) is 9.88. The van der Waals surface area contributed by atoms with Crippen LogP contribution in [0.4, 0.5) is 0 Å². The van der Waals surface area contributed by atoms with Gasteiger partial charge in [-0.25, -0.2) is 9.78 Å². The summed E-state index contributed by atoms with van der Waals surface area (Å²) in [6, 6.07) is 13.1. The topological polar surface area (TPSA) is 86.8 Å². The smallest absolute Gasteiger partial charge is 0.358 e. The van der Waals surface area contributed by atoms with Gasteiger partial charge in [0.15, 0.2) is 23.8 Å². The number of thiazole rings is 1. The third-order valence-corrected chi connectivity index (χ3v) is 5.68. The van der Waals surface area contributed by atoms with Crippen molar-refractivity contribution in [3.8, 4) is 22.1 Å². The summed E-state index contributed by atoms with van der Waals surface area (Å²) in [7, 11) is 0. The summed E-state index contributed by atoms with van der Waals surface area (Å²) in [5.74, 6) is 0.321. The summed E-state index contributed by atoms with van der Waals surface area (Å²) in [6.07, 6.45) is 0. The number of ether oxygens (including phenoxy) is 3. The molecular formula is C23H22N2O5S. The van der Waals surface area contributed by atoms with Crippen molar-refractivity contribution in [3.63, 3.8) is 0 Å². The Morgan fingerprint density at radius 3 is 2.65 bits per heavy atom. The lowest BCUT2D eigenvalue weighted by atomic mass is 10.1. The fourth-order valence-electron chi connectivity index (χ4n) is 3.10. The van der Waals surface area contributed by atoms with Gasteiger partial charge in [-0.15, -0.1) is 11.3 Å². The van der Waals surface area contributed by atoms with Crippen LogP contribution in [0.5, 0.6) is 11.5 Å². The Bertz CT molecular complexity index is 1090. The number of nitrogens with zero attached hydrogens (tertiary/aromatic N) is 1. The molecule has 2 heterocycles. The Morgan fingerprint density at radius 1 is 1.13 bits per heavy atom. The van der Waals surface area contributed by atoms with Crippen LogP contribution in [0.15, 0.2) is 47.8 Å². The Kier molecular flexibility index (Phi) is 6.18. The van der Waals surface area contributed by atoms with E-state index in [4.69, 9.17) is 14.2 Å². The quantitative estimate of drug-likeness (QED) is 0.587. The number of benzene rings is 2. The molecule has 0 radical (unpaired) electrons. The molecule has 160 valence electrons. The molecule has 0 bridgehead atoms. The van der Waals surface area contributed by atoms with Crippen molar-refractivity contribution in [1.82, 2.24) is 10.3 Å². The number of esters is 1. The van der Waals surface area contributed by atoms with Gasteiger partial charge in [0, 0.05) is 10.9 Å². The van der Waals surface area contributed by atoms with E-state index in [0.29, 0.717) is 24.7 Å². The monoisotopic (exact) mass is 438 g/mol. The molecule has 8 heteroatoms. The molecule has 0 spiro atoms. The molecule has 1 amide bonds. The van der Waals surface area contributed by atoms with E-state index < -0.39 is 11.9 Å². The van der Waals surface area contributed by atoms with Gasteiger partial charge in [-0.05, 0) is 31.5 Å². The standard InChI is InChI=1S/C23H22N2O5S/c1-14-3-5-16(6-4-14)22-25-18(13-31-22)23(27)30-12-21(26)24-15(2)17-7-8-19-20(11-17)29-10-9-28-19/h3-8,11,13,15H,9-10,12H2,1-2H3,(H,24,26). The van der Waals surface area contributed by atoms with Crippen molar-refractivity contribution in [1.29, 1.82) is 0 Å². The number of amides is 1. The van der Waals surface area contributed by atoms with Crippen LogP contribution in [0.3, 0.4) is 0 Å². The first kappa shape index (κ1) is 20.9. The molecule has 1 aliphatic heterocycles. The van der Waals surface area contributed by atoms with Crippen LogP contribution in [-0.2, 0) is 9.53 Å². The van der Waals surface area contributed by atoms with Gasteiger partial charge in [0.1, 0.15) is 18.2 Å². The molecule has 7 nitrogen and oxygen atoms in total. The SMILES string of the molecule is Cc1ccc(-c2nc(C(=O)OCC(=O)NC(C)c3ccc4c(c3)OCCO4)cs2)cc1. The summed E-state index contributed by atoms with van der Waals surface area (Å²) in [5.41, 5.74) is 3.14. The van der Waals surface area contributed by atoms with Gasteiger partial charge >= 0.3 is 5.97 Å². The Hall–Kier alpha value is -3.39. The number of hydrogen-bond acceptors (Lipinski definition) is 7. The third kappa shape index (κ3) is 5.03. The highest BCUT2D eigenvalue weighted by molar-refractivity contribution is 7.13. The zero-order chi connectivity index (χ0) is 21.8. The molecule has 1 unspecified atom stereocenters. The number of hydrogen-bond donors (Lipinski definition) is 1. The summed E-state index contributed by atoms with van der Waals surface area (Å²) in [6.45, 7) is 4.49. The van der Waals surface area contributed by atoms with Gasteiger partial charge < -0.3 is 19.5 Å². The number of aromatic nitrogens is 1. The molecule has 31 heavy (non-hydrogen) atoms. The normalized spacial score (nSPS) is 13.4. The number of carbonyl (C=O) groups excluding carboxylic acids is 2. The fourth-order valence-corrected chi connectivity index (χ4v) is 3.89. The number of aryl methyl sites for hydroxylation is 1. The predicted octanol–water partition coefficient (Wildman–Crippen LogP) is 3.92. The van der Waals surface area contributed by atoms with E-state index in [0.717, 1.165) is 21.7 Å². The van der Waals surface area contributed by atoms with Gasteiger partial charge in [-0.1, -0.05) is 35.9 Å². The minimum atomic E-state index is -0.628. The van der Waals surface area contributed by atoms with Gasteiger partial charge in [0.2, 0.25) is 0 Å². The maximum Gasteiger partial charge on any atom is 0.358 e. The van der Waals surface area contributed by atoms with Gasteiger partial charge in [-0.2, -0.15) is 0 Å². The average Bonchev–Trinajstić information content (AvgIpc) is 3.28. The fraction of sp³-hybridized carbons (Fsp3) is 0.261. The molecule has 4 rings (SSSR count). The van der Waals surface area contributed by atoms with E-state index in [9.17, 15) is 9.59 Å². The lowest BCUT2D eigenvalue weighted by molar-refractivity contribution is -0.124. The van der Waals surface area contributed by atoms with E-state index in [1.807, 2.05) is 56.3 Å². The molecule has 0 saturated carbocycles. The molecule has 1 N–H and O–H groups in total. The van der Waals surface area contributed by atoms with E-state index in [1.54, 1.807) is 5.38 Å². The minimum absolute atomic E-state index is 0.188. The second-order valence-electron chi connectivity index (χ2n) is 7.17. The zero-order valence-electron chi connectivity index (χ0n) is 17.2. The van der Waals surface area contributed by atoms with Crippen LogP contribution >= 0.6 is 11.3 Å². The molecule has 3 aromatic rings. The molecule has 1 aromatic heterocycles. The zero-order valence-corrected chi connectivity index (χ0v) is 18.0. The van der Waals surface area contributed by atoms with Crippen molar-refractivity contribution < 1.29 is 23.8 Å². The number of nitrogens with one attached hydrogen (secondary N) is 1. The minimum Gasteiger partial charge on any atom is -0.486 e.